The molecule has 0 spiro atoms. The summed E-state index contributed by atoms with van der Waals surface area (Å²) in [6.07, 6.45) is 4.78. The molecule has 1 aliphatic rings. The Balaban J connectivity index is 2.16. The monoisotopic (exact) mass is 282 g/mol. The molecule has 20 heavy (non-hydrogen) atoms. The van der Waals surface area contributed by atoms with Crippen molar-refractivity contribution in [3.05, 3.63) is 35.4 Å². The Morgan fingerprint density at radius 3 is 2.45 bits per heavy atom. The summed E-state index contributed by atoms with van der Waals surface area (Å²) in [4.78, 5) is 0. The van der Waals surface area contributed by atoms with E-state index in [0.717, 1.165) is 44.2 Å². The highest BCUT2D eigenvalue weighted by atomic mass is 19.1. The molecule has 3 heteroatoms. The number of aliphatic hydroxyl groups is 1. The van der Waals surface area contributed by atoms with Gasteiger partial charge < -0.3 is 5.11 Å². The highest BCUT2D eigenvalue weighted by molar-refractivity contribution is 5.20. The molecule has 0 amide bonds. The van der Waals surface area contributed by atoms with E-state index in [0.29, 0.717) is 5.92 Å². The average molecular weight is 282 g/mol. The Hall–Kier alpha value is -0.960. The van der Waals surface area contributed by atoms with E-state index in [4.69, 9.17) is 0 Å². The van der Waals surface area contributed by atoms with Gasteiger partial charge in [0.1, 0.15) is 11.6 Å². The summed E-state index contributed by atoms with van der Waals surface area (Å²) < 4.78 is 27.0. The zero-order chi connectivity index (χ0) is 14.8. The Morgan fingerprint density at radius 2 is 1.85 bits per heavy atom. The van der Waals surface area contributed by atoms with Gasteiger partial charge >= 0.3 is 0 Å². The van der Waals surface area contributed by atoms with Gasteiger partial charge in [-0.2, -0.15) is 0 Å². The van der Waals surface area contributed by atoms with Crippen molar-refractivity contribution < 1.29 is 13.9 Å². The minimum Gasteiger partial charge on any atom is -0.392 e. The standard InChI is InChI=1S/C17H24F2O/c1-12(2)11-17(7-3-4-8-17)16(20)10-13-9-14(18)5-6-15(13)19/h5-6,9,12,16,20H,3-4,7-8,10-11H2,1-2H3. The second-order valence-corrected chi connectivity index (χ2v) is 6.62. The van der Waals surface area contributed by atoms with Crippen molar-refractivity contribution in [2.24, 2.45) is 11.3 Å². The summed E-state index contributed by atoms with van der Waals surface area (Å²) in [5.41, 5.74) is 0.167. The quantitative estimate of drug-likeness (QED) is 0.844. The zero-order valence-electron chi connectivity index (χ0n) is 12.3. The van der Waals surface area contributed by atoms with Crippen LogP contribution in [0, 0.1) is 23.0 Å². The number of hydrogen-bond donors (Lipinski definition) is 1. The van der Waals surface area contributed by atoms with Crippen LogP contribution in [-0.2, 0) is 6.42 Å². The lowest BCUT2D eigenvalue weighted by molar-refractivity contribution is 0.0128. The molecule has 1 unspecified atom stereocenters. The van der Waals surface area contributed by atoms with Crippen molar-refractivity contribution >= 4 is 0 Å². The molecule has 1 atom stereocenters. The number of hydrogen-bond acceptors (Lipinski definition) is 1. The number of halogens is 2. The lowest BCUT2D eigenvalue weighted by Gasteiger charge is -2.36. The second kappa shape index (κ2) is 6.21. The fraction of sp³-hybridized carbons (Fsp3) is 0.647. The molecular formula is C17H24F2O. The van der Waals surface area contributed by atoms with E-state index in [1.807, 2.05) is 0 Å². The van der Waals surface area contributed by atoms with Crippen molar-refractivity contribution in [2.75, 3.05) is 0 Å². The minimum absolute atomic E-state index is 0.118. The van der Waals surface area contributed by atoms with E-state index < -0.39 is 17.7 Å². The largest absolute Gasteiger partial charge is 0.392 e. The van der Waals surface area contributed by atoms with Crippen LogP contribution in [-0.4, -0.2) is 11.2 Å². The lowest BCUT2D eigenvalue weighted by Crippen LogP contribution is -2.36. The van der Waals surface area contributed by atoms with Crippen LogP contribution in [0.3, 0.4) is 0 Å². The van der Waals surface area contributed by atoms with Gasteiger partial charge in [-0.3, -0.25) is 0 Å². The van der Waals surface area contributed by atoms with Crippen LogP contribution in [0.2, 0.25) is 0 Å². The SMILES string of the molecule is CC(C)CC1(C(O)Cc2cc(F)ccc2F)CCCC1. The highest BCUT2D eigenvalue weighted by Gasteiger charge is 2.40. The molecule has 1 nitrogen and oxygen atoms in total. The first-order valence-electron chi connectivity index (χ1n) is 7.55. The summed E-state index contributed by atoms with van der Waals surface area (Å²) >= 11 is 0. The molecule has 0 saturated heterocycles. The molecule has 1 aromatic carbocycles. The first-order chi connectivity index (χ1) is 9.43. The van der Waals surface area contributed by atoms with Gasteiger partial charge in [-0.05, 0) is 54.4 Å². The van der Waals surface area contributed by atoms with E-state index in [1.165, 1.54) is 6.07 Å². The van der Waals surface area contributed by atoms with Gasteiger partial charge in [0.15, 0.2) is 0 Å². The van der Waals surface area contributed by atoms with Crippen molar-refractivity contribution in [3.8, 4) is 0 Å². The predicted octanol–water partition coefficient (Wildman–Crippen LogP) is 4.47. The zero-order valence-corrected chi connectivity index (χ0v) is 12.3. The number of rotatable bonds is 5. The molecule has 2 rings (SSSR count). The molecule has 0 heterocycles. The van der Waals surface area contributed by atoms with E-state index in [1.54, 1.807) is 0 Å². The summed E-state index contributed by atoms with van der Waals surface area (Å²) in [7, 11) is 0. The fourth-order valence-corrected chi connectivity index (χ4v) is 3.69. The minimum atomic E-state index is -0.594. The normalized spacial score (nSPS) is 19.5. The van der Waals surface area contributed by atoms with Gasteiger partial charge in [0.25, 0.3) is 0 Å². The first-order valence-corrected chi connectivity index (χ1v) is 7.55. The van der Waals surface area contributed by atoms with Crippen LogP contribution in [0.15, 0.2) is 18.2 Å². The molecular weight excluding hydrogens is 258 g/mol. The third-order valence-electron chi connectivity index (χ3n) is 4.54. The summed E-state index contributed by atoms with van der Waals surface area (Å²) in [5, 5.41) is 10.6. The van der Waals surface area contributed by atoms with Crippen LogP contribution < -0.4 is 0 Å². The van der Waals surface area contributed by atoms with Gasteiger partial charge in [-0.1, -0.05) is 26.7 Å². The van der Waals surface area contributed by atoms with Crippen LogP contribution >= 0.6 is 0 Å². The molecule has 1 aromatic rings. The molecule has 1 N–H and O–H groups in total. The second-order valence-electron chi connectivity index (χ2n) is 6.62. The van der Waals surface area contributed by atoms with Crippen LogP contribution in [0.4, 0.5) is 8.78 Å². The Kier molecular flexibility index (Phi) is 4.79. The molecule has 0 bridgehead atoms. The van der Waals surface area contributed by atoms with Crippen molar-refractivity contribution in [1.29, 1.82) is 0 Å². The smallest absolute Gasteiger partial charge is 0.126 e. The van der Waals surface area contributed by atoms with Gasteiger partial charge in [0.05, 0.1) is 6.10 Å². The van der Waals surface area contributed by atoms with Crippen molar-refractivity contribution in [2.45, 2.75) is 58.5 Å². The maximum atomic E-state index is 13.7. The van der Waals surface area contributed by atoms with E-state index in [9.17, 15) is 13.9 Å². The van der Waals surface area contributed by atoms with E-state index in [2.05, 4.69) is 13.8 Å². The fourth-order valence-electron chi connectivity index (χ4n) is 3.69. The van der Waals surface area contributed by atoms with Gasteiger partial charge in [-0.15, -0.1) is 0 Å². The molecule has 0 radical (unpaired) electrons. The maximum absolute atomic E-state index is 13.7. The number of benzene rings is 1. The third kappa shape index (κ3) is 3.38. The van der Waals surface area contributed by atoms with Crippen molar-refractivity contribution in [1.82, 2.24) is 0 Å². The molecule has 112 valence electrons. The average Bonchev–Trinajstić information content (AvgIpc) is 2.82. The Morgan fingerprint density at radius 1 is 1.20 bits per heavy atom. The van der Waals surface area contributed by atoms with Crippen molar-refractivity contribution in [3.63, 3.8) is 0 Å². The highest BCUT2D eigenvalue weighted by Crippen LogP contribution is 2.46. The van der Waals surface area contributed by atoms with Crippen LogP contribution in [0.5, 0.6) is 0 Å². The third-order valence-corrected chi connectivity index (χ3v) is 4.54. The molecule has 0 aromatic heterocycles. The molecule has 1 aliphatic carbocycles. The molecule has 0 aliphatic heterocycles. The first kappa shape index (κ1) is 15.4. The number of aliphatic hydroxyl groups excluding tert-OH is 1. The topological polar surface area (TPSA) is 20.2 Å². The van der Waals surface area contributed by atoms with Gasteiger partial charge in [0.2, 0.25) is 0 Å². The van der Waals surface area contributed by atoms with Gasteiger partial charge in [0, 0.05) is 6.42 Å². The van der Waals surface area contributed by atoms with Gasteiger partial charge in [-0.25, -0.2) is 8.78 Å². The van der Waals surface area contributed by atoms with Crippen LogP contribution in [0.1, 0.15) is 51.5 Å². The van der Waals surface area contributed by atoms with Crippen LogP contribution in [0.25, 0.3) is 0 Å². The van der Waals surface area contributed by atoms with E-state index >= 15 is 0 Å². The predicted molar refractivity (Wildman–Crippen MR) is 76.4 cm³/mol. The molecule has 1 saturated carbocycles. The lowest BCUT2D eigenvalue weighted by atomic mass is 9.72. The Labute approximate surface area is 120 Å². The Bertz CT molecular complexity index is 450. The van der Waals surface area contributed by atoms with E-state index in [-0.39, 0.29) is 17.4 Å². The summed E-state index contributed by atoms with van der Waals surface area (Å²) in [5.74, 6) is -0.374. The maximum Gasteiger partial charge on any atom is 0.126 e. The molecule has 1 fully saturated rings. The summed E-state index contributed by atoms with van der Waals surface area (Å²) in [6, 6.07) is 3.46. The summed E-state index contributed by atoms with van der Waals surface area (Å²) in [6.45, 7) is 4.30.